The number of hydrogen-bond acceptors (Lipinski definition) is 8. The Balaban J connectivity index is 1.11. The summed E-state index contributed by atoms with van der Waals surface area (Å²) in [5.41, 5.74) is 6.15. The molecule has 2 aromatic carbocycles. The fourth-order valence-corrected chi connectivity index (χ4v) is 4.31. The van der Waals surface area contributed by atoms with Crippen LogP contribution in [0, 0.1) is 0 Å². The number of nitrogens with zero attached hydrogens (tertiary/aromatic N) is 6. The first kappa shape index (κ1) is 21.5. The fourth-order valence-electron chi connectivity index (χ4n) is 4.31. The molecule has 1 amide bonds. The summed E-state index contributed by atoms with van der Waals surface area (Å²) < 4.78 is 0. The van der Waals surface area contributed by atoms with Crippen LogP contribution in [0.2, 0.25) is 0 Å². The molecule has 3 N–H and O–H groups in total. The Bertz CT molecular complexity index is 1470. The van der Waals surface area contributed by atoms with E-state index in [2.05, 4.69) is 70.5 Å². The highest BCUT2D eigenvalue weighted by molar-refractivity contribution is 6.04. The lowest BCUT2D eigenvalue weighted by molar-refractivity contribution is 0.102. The summed E-state index contributed by atoms with van der Waals surface area (Å²) in [5, 5.41) is 19.9. The Kier molecular flexibility index (Phi) is 5.59. The summed E-state index contributed by atoms with van der Waals surface area (Å²) in [7, 11) is 0. The molecule has 0 fully saturated rings. The second-order valence-corrected chi connectivity index (χ2v) is 8.53. The van der Waals surface area contributed by atoms with Gasteiger partial charge in [0.15, 0.2) is 5.82 Å². The van der Waals surface area contributed by atoms with Gasteiger partial charge in [0.25, 0.3) is 5.91 Å². The largest absolute Gasteiger partial charge is 0.351 e. The van der Waals surface area contributed by atoms with E-state index in [0.717, 1.165) is 24.0 Å². The van der Waals surface area contributed by atoms with Crippen LogP contribution < -0.4 is 10.6 Å². The molecule has 36 heavy (non-hydrogen) atoms. The molecule has 0 aliphatic heterocycles. The number of fused-ring (bicyclic) bond motifs is 1. The third-order valence-corrected chi connectivity index (χ3v) is 6.10. The number of H-pyrrole nitrogens is 1. The smallest absolute Gasteiger partial charge is 0.257 e. The van der Waals surface area contributed by atoms with Crippen molar-refractivity contribution in [3.8, 4) is 22.6 Å². The highest BCUT2D eigenvalue weighted by Gasteiger charge is 2.21. The maximum absolute atomic E-state index is 12.7. The summed E-state index contributed by atoms with van der Waals surface area (Å²) in [6, 6.07) is 19.7. The molecule has 0 saturated carbocycles. The van der Waals surface area contributed by atoms with Crippen molar-refractivity contribution in [3.05, 3.63) is 95.9 Å². The Labute approximate surface area is 206 Å². The highest BCUT2D eigenvalue weighted by Crippen LogP contribution is 2.25. The minimum Gasteiger partial charge on any atom is -0.351 e. The molecule has 3 aromatic heterocycles. The van der Waals surface area contributed by atoms with Crippen LogP contribution in [0.1, 0.15) is 21.5 Å². The minimum atomic E-state index is -0.268. The van der Waals surface area contributed by atoms with Crippen molar-refractivity contribution in [2.75, 3.05) is 10.6 Å². The van der Waals surface area contributed by atoms with Gasteiger partial charge in [0.2, 0.25) is 5.95 Å². The van der Waals surface area contributed by atoms with Gasteiger partial charge >= 0.3 is 0 Å². The van der Waals surface area contributed by atoms with Crippen molar-refractivity contribution in [1.82, 2.24) is 35.6 Å². The zero-order chi connectivity index (χ0) is 24.3. The van der Waals surface area contributed by atoms with Gasteiger partial charge < -0.3 is 10.6 Å². The van der Waals surface area contributed by atoms with Crippen LogP contribution in [0.5, 0.6) is 0 Å². The number of benzene rings is 2. The number of pyridine rings is 1. The van der Waals surface area contributed by atoms with Gasteiger partial charge in [-0.05, 0) is 64.2 Å². The molecule has 0 unspecified atom stereocenters. The van der Waals surface area contributed by atoms with Crippen LogP contribution in [-0.2, 0) is 12.8 Å². The lowest BCUT2D eigenvalue weighted by Gasteiger charge is -2.12. The molecular formula is C26H21N9O. The van der Waals surface area contributed by atoms with Crippen molar-refractivity contribution in [2.45, 2.75) is 18.9 Å². The second kappa shape index (κ2) is 9.34. The first-order valence-electron chi connectivity index (χ1n) is 11.5. The summed E-state index contributed by atoms with van der Waals surface area (Å²) in [4.78, 5) is 26.0. The molecule has 5 aromatic rings. The first-order chi connectivity index (χ1) is 17.7. The maximum atomic E-state index is 12.7. The van der Waals surface area contributed by atoms with Gasteiger partial charge in [-0.3, -0.25) is 9.78 Å². The Morgan fingerprint density at radius 1 is 0.861 bits per heavy atom. The van der Waals surface area contributed by atoms with E-state index in [1.807, 2.05) is 24.3 Å². The topological polar surface area (TPSA) is 134 Å². The number of nitrogens with one attached hydrogen (secondary N) is 3. The number of carbonyl (C=O) groups is 1. The standard InChI is InChI=1S/C26H21N9O/c36-25(19-8-9-23(27-13-19)24-32-34-35-33-24)30-21-7-3-6-18(10-21)20-14-28-26(29-15-20)31-22-11-16-4-1-2-5-17(16)12-22/h1-10,13-15,22H,11-12H2,(H,30,36)(H,28,29,31)(H,32,33,34,35). The Hall–Kier alpha value is -4.99. The monoisotopic (exact) mass is 475 g/mol. The van der Waals surface area contributed by atoms with Crippen LogP contribution in [0.4, 0.5) is 11.6 Å². The molecule has 0 bridgehead atoms. The summed E-state index contributed by atoms with van der Waals surface area (Å²) >= 11 is 0. The molecule has 3 heterocycles. The number of rotatable bonds is 6. The van der Waals surface area contributed by atoms with E-state index >= 15 is 0 Å². The van der Waals surface area contributed by atoms with Gasteiger partial charge in [0.1, 0.15) is 5.69 Å². The lowest BCUT2D eigenvalue weighted by atomic mass is 10.1. The van der Waals surface area contributed by atoms with E-state index in [9.17, 15) is 4.79 Å². The number of aromatic nitrogens is 7. The van der Waals surface area contributed by atoms with Crippen LogP contribution >= 0.6 is 0 Å². The molecule has 0 spiro atoms. The van der Waals surface area contributed by atoms with Crippen LogP contribution in [0.25, 0.3) is 22.6 Å². The van der Waals surface area contributed by atoms with Gasteiger partial charge in [-0.15, -0.1) is 5.10 Å². The van der Waals surface area contributed by atoms with Crippen LogP contribution in [-0.4, -0.2) is 47.5 Å². The van der Waals surface area contributed by atoms with E-state index in [-0.39, 0.29) is 5.91 Å². The Morgan fingerprint density at radius 2 is 1.67 bits per heavy atom. The number of amides is 1. The molecule has 1 aliphatic rings. The lowest BCUT2D eigenvalue weighted by Crippen LogP contribution is -2.20. The predicted octanol–water partition coefficient (Wildman–Crippen LogP) is 3.55. The average molecular weight is 476 g/mol. The second-order valence-electron chi connectivity index (χ2n) is 8.53. The maximum Gasteiger partial charge on any atom is 0.257 e. The van der Waals surface area contributed by atoms with Gasteiger partial charge in [0, 0.05) is 35.9 Å². The summed E-state index contributed by atoms with van der Waals surface area (Å²) in [6.07, 6.45) is 7.01. The van der Waals surface area contributed by atoms with E-state index in [1.54, 1.807) is 24.5 Å². The molecule has 10 nitrogen and oxygen atoms in total. The van der Waals surface area contributed by atoms with Gasteiger partial charge in [-0.1, -0.05) is 36.4 Å². The van der Waals surface area contributed by atoms with Crippen molar-refractivity contribution < 1.29 is 4.79 Å². The molecule has 176 valence electrons. The van der Waals surface area contributed by atoms with Gasteiger partial charge in [0.05, 0.1) is 5.56 Å². The minimum absolute atomic E-state index is 0.268. The quantitative estimate of drug-likeness (QED) is 0.339. The number of tetrazole rings is 1. The van der Waals surface area contributed by atoms with Crippen molar-refractivity contribution in [2.24, 2.45) is 0 Å². The third kappa shape index (κ3) is 4.51. The third-order valence-electron chi connectivity index (χ3n) is 6.10. The van der Waals surface area contributed by atoms with Gasteiger partial charge in [-0.25, -0.2) is 15.1 Å². The number of carbonyl (C=O) groups excluding carboxylic acids is 1. The van der Waals surface area contributed by atoms with Crippen molar-refractivity contribution in [3.63, 3.8) is 0 Å². The van der Waals surface area contributed by atoms with Gasteiger partial charge in [-0.2, -0.15) is 0 Å². The van der Waals surface area contributed by atoms with Crippen LogP contribution in [0.3, 0.4) is 0 Å². The SMILES string of the molecule is O=C(Nc1cccc(-c2cnc(NC3Cc4ccccc4C3)nc2)c1)c1ccc(-c2nnn[nH]2)nc1. The van der Waals surface area contributed by atoms with E-state index < -0.39 is 0 Å². The van der Waals surface area contributed by atoms with E-state index in [0.29, 0.717) is 34.8 Å². The summed E-state index contributed by atoms with van der Waals surface area (Å²) in [5.74, 6) is 0.778. The highest BCUT2D eigenvalue weighted by atomic mass is 16.1. The molecule has 0 radical (unpaired) electrons. The van der Waals surface area contributed by atoms with Crippen LogP contribution in [0.15, 0.2) is 79.3 Å². The van der Waals surface area contributed by atoms with Crippen molar-refractivity contribution >= 4 is 17.5 Å². The first-order valence-corrected chi connectivity index (χ1v) is 11.5. The number of hydrogen-bond donors (Lipinski definition) is 3. The predicted molar refractivity (Wildman–Crippen MR) is 134 cm³/mol. The van der Waals surface area contributed by atoms with Crippen molar-refractivity contribution in [1.29, 1.82) is 0 Å². The zero-order valence-corrected chi connectivity index (χ0v) is 19.1. The molecule has 6 rings (SSSR count). The zero-order valence-electron chi connectivity index (χ0n) is 19.1. The van der Waals surface area contributed by atoms with E-state index in [1.165, 1.54) is 17.3 Å². The normalized spacial score (nSPS) is 12.8. The molecular weight excluding hydrogens is 454 g/mol. The molecule has 10 heteroatoms. The summed E-state index contributed by atoms with van der Waals surface area (Å²) in [6.45, 7) is 0. The number of aromatic amines is 1. The molecule has 1 aliphatic carbocycles. The molecule has 0 saturated heterocycles. The fraction of sp³-hybridized carbons (Fsp3) is 0.115. The average Bonchev–Trinajstić information content (AvgIpc) is 3.59. The van der Waals surface area contributed by atoms with E-state index in [4.69, 9.17) is 0 Å². The molecule has 0 atom stereocenters. The Morgan fingerprint density at radius 3 is 2.36 bits per heavy atom. The number of anilines is 2.